The molecule has 0 aliphatic rings. The average molecular weight is 143 g/mol. The number of rotatable bonds is 4. The SMILES string of the molecule is CC(C)CCCN=C=S. The highest BCUT2D eigenvalue weighted by atomic mass is 32.1. The third kappa shape index (κ3) is 7.80. The lowest BCUT2D eigenvalue weighted by Gasteiger charge is -1.98. The van der Waals surface area contributed by atoms with Gasteiger partial charge in [0.15, 0.2) is 0 Å². The number of hydrogen-bond acceptors (Lipinski definition) is 2. The molecule has 0 aliphatic heterocycles. The summed E-state index contributed by atoms with van der Waals surface area (Å²) in [6, 6.07) is 0. The van der Waals surface area contributed by atoms with Gasteiger partial charge >= 0.3 is 0 Å². The minimum atomic E-state index is 0.783. The van der Waals surface area contributed by atoms with Crippen LogP contribution in [0.1, 0.15) is 26.7 Å². The molecule has 0 saturated carbocycles. The van der Waals surface area contributed by atoms with Gasteiger partial charge in [-0.2, -0.15) is 0 Å². The van der Waals surface area contributed by atoms with Crippen LogP contribution in [-0.4, -0.2) is 11.7 Å². The second-order valence-electron chi connectivity index (χ2n) is 2.51. The van der Waals surface area contributed by atoms with Crippen LogP contribution in [0, 0.1) is 5.92 Å². The fraction of sp³-hybridized carbons (Fsp3) is 0.857. The molecule has 0 aromatic heterocycles. The summed E-state index contributed by atoms with van der Waals surface area (Å²) < 4.78 is 0. The molecule has 0 amide bonds. The Bertz CT molecular complexity index is 103. The maximum Gasteiger partial charge on any atom is 0.0584 e. The van der Waals surface area contributed by atoms with Gasteiger partial charge in [0.25, 0.3) is 0 Å². The summed E-state index contributed by atoms with van der Waals surface area (Å²) in [4.78, 5) is 3.81. The average Bonchev–Trinajstić information content (AvgIpc) is 1.80. The predicted molar refractivity (Wildman–Crippen MR) is 44.0 cm³/mol. The van der Waals surface area contributed by atoms with E-state index in [4.69, 9.17) is 0 Å². The Hall–Kier alpha value is -0.200. The van der Waals surface area contributed by atoms with Crippen LogP contribution in [0.2, 0.25) is 0 Å². The second kappa shape index (κ2) is 5.93. The standard InChI is InChI=1S/C7H13NS/c1-7(2)4-3-5-8-6-9/h7H,3-5H2,1-2H3. The first kappa shape index (κ1) is 8.80. The molecule has 0 unspecified atom stereocenters. The van der Waals surface area contributed by atoms with Gasteiger partial charge in [0.1, 0.15) is 0 Å². The quantitative estimate of drug-likeness (QED) is 0.334. The highest BCUT2D eigenvalue weighted by Crippen LogP contribution is 2.02. The van der Waals surface area contributed by atoms with Crippen LogP contribution in [-0.2, 0) is 0 Å². The van der Waals surface area contributed by atoms with E-state index in [2.05, 4.69) is 36.2 Å². The van der Waals surface area contributed by atoms with Crippen molar-refractivity contribution in [2.45, 2.75) is 26.7 Å². The first-order valence-electron chi connectivity index (χ1n) is 3.31. The Morgan fingerprint density at radius 3 is 2.67 bits per heavy atom. The lowest BCUT2D eigenvalue weighted by Crippen LogP contribution is -1.88. The molecular weight excluding hydrogens is 130 g/mol. The summed E-state index contributed by atoms with van der Waals surface area (Å²) in [5.74, 6) is 0.783. The first-order chi connectivity index (χ1) is 4.27. The molecule has 9 heavy (non-hydrogen) atoms. The van der Waals surface area contributed by atoms with Crippen molar-refractivity contribution in [2.24, 2.45) is 10.9 Å². The zero-order valence-electron chi connectivity index (χ0n) is 6.05. The summed E-state index contributed by atoms with van der Waals surface area (Å²) in [6.45, 7) is 5.27. The zero-order valence-corrected chi connectivity index (χ0v) is 6.87. The van der Waals surface area contributed by atoms with Crippen molar-refractivity contribution in [3.05, 3.63) is 0 Å². The van der Waals surface area contributed by atoms with E-state index in [9.17, 15) is 0 Å². The van der Waals surface area contributed by atoms with Crippen molar-refractivity contribution in [2.75, 3.05) is 6.54 Å². The zero-order chi connectivity index (χ0) is 7.11. The predicted octanol–water partition coefficient (Wildman–Crippen LogP) is 2.53. The Labute approximate surface area is 62.2 Å². The summed E-state index contributed by atoms with van der Waals surface area (Å²) in [7, 11) is 0. The third-order valence-electron chi connectivity index (χ3n) is 1.12. The molecule has 0 rings (SSSR count). The summed E-state index contributed by atoms with van der Waals surface area (Å²) >= 11 is 4.41. The monoisotopic (exact) mass is 143 g/mol. The lowest BCUT2D eigenvalue weighted by atomic mass is 10.1. The molecule has 0 aromatic rings. The molecule has 0 spiro atoms. The minimum Gasteiger partial charge on any atom is -0.233 e. The lowest BCUT2D eigenvalue weighted by molar-refractivity contribution is 0.562. The summed E-state index contributed by atoms with van der Waals surface area (Å²) in [5.41, 5.74) is 0. The van der Waals surface area contributed by atoms with Crippen molar-refractivity contribution in [3.8, 4) is 0 Å². The molecule has 1 nitrogen and oxygen atoms in total. The second-order valence-corrected chi connectivity index (χ2v) is 2.69. The van der Waals surface area contributed by atoms with Gasteiger partial charge in [-0.25, -0.2) is 4.99 Å². The fourth-order valence-corrected chi connectivity index (χ4v) is 0.716. The number of nitrogens with zero attached hydrogens (tertiary/aromatic N) is 1. The molecule has 0 heterocycles. The van der Waals surface area contributed by atoms with E-state index in [0.717, 1.165) is 18.9 Å². The molecule has 0 aromatic carbocycles. The maximum absolute atomic E-state index is 4.41. The van der Waals surface area contributed by atoms with Crippen LogP contribution in [0.15, 0.2) is 4.99 Å². The van der Waals surface area contributed by atoms with E-state index in [1.54, 1.807) is 0 Å². The van der Waals surface area contributed by atoms with Gasteiger partial charge < -0.3 is 0 Å². The third-order valence-corrected chi connectivity index (χ3v) is 1.25. The van der Waals surface area contributed by atoms with Crippen molar-refractivity contribution >= 4 is 17.4 Å². The van der Waals surface area contributed by atoms with Crippen molar-refractivity contribution < 1.29 is 0 Å². The molecule has 52 valence electrons. The number of thiocarbonyl (C=S) groups is 1. The molecule has 0 fully saturated rings. The topological polar surface area (TPSA) is 12.4 Å². The molecule has 0 aliphatic carbocycles. The van der Waals surface area contributed by atoms with Crippen LogP contribution in [0.4, 0.5) is 0 Å². The first-order valence-corrected chi connectivity index (χ1v) is 3.72. The van der Waals surface area contributed by atoms with E-state index in [1.165, 1.54) is 6.42 Å². The van der Waals surface area contributed by atoms with Crippen LogP contribution < -0.4 is 0 Å². The van der Waals surface area contributed by atoms with Gasteiger partial charge in [-0.15, -0.1) is 0 Å². The van der Waals surface area contributed by atoms with Gasteiger partial charge in [0.2, 0.25) is 0 Å². The highest BCUT2D eigenvalue weighted by Gasteiger charge is 1.90. The van der Waals surface area contributed by atoms with E-state index in [0.29, 0.717) is 0 Å². The van der Waals surface area contributed by atoms with Crippen molar-refractivity contribution in [3.63, 3.8) is 0 Å². The normalized spacial score (nSPS) is 9.22. The van der Waals surface area contributed by atoms with Gasteiger partial charge in [0.05, 0.1) is 5.16 Å². The molecule has 0 radical (unpaired) electrons. The summed E-state index contributed by atoms with van der Waals surface area (Å²) in [5, 5.41) is 2.35. The Kier molecular flexibility index (Phi) is 5.80. The van der Waals surface area contributed by atoms with E-state index >= 15 is 0 Å². The Balaban J connectivity index is 3.00. The van der Waals surface area contributed by atoms with E-state index in [-0.39, 0.29) is 0 Å². The number of isothiocyanates is 1. The molecule has 0 atom stereocenters. The Morgan fingerprint density at radius 1 is 1.56 bits per heavy atom. The molecule has 2 heteroatoms. The van der Waals surface area contributed by atoms with Crippen LogP contribution >= 0.6 is 12.2 Å². The van der Waals surface area contributed by atoms with Crippen LogP contribution in [0.3, 0.4) is 0 Å². The Morgan fingerprint density at radius 2 is 2.22 bits per heavy atom. The van der Waals surface area contributed by atoms with Gasteiger partial charge in [-0.05, 0) is 31.0 Å². The van der Waals surface area contributed by atoms with Gasteiger partial charge in [0, 0.05) is 6.54 Å². The highest BCUT2D eigenvalue weighted by molar-refractivity contribution is 7.78. The van der Waals surface area contributed by atoms with Crippen LogP contribution in [0.25, 0.3) is 0 Å². The van der Waals surface area contributed by atoms with Gasteiger partial charge in [-0.1, -0.05) is 13.8 Å². The van der Waals surface area contributed by atoms with Crippen molar-refractivity contribution in [1.29, 1.82) is 0 Å². The van der Waals surface area contributed by atoms with E-state index < -0.39 is 0 Å². The largest absolute Gasteiger partial charge is 0.233 e. The number of aliphatic imine (C=N–C) groups is 1. The summed E-state index contributed by atoms with van der Waals surface area (Å²) in [6.07, 6.45) is 2.38. The molecule has 0 bridgehead atoms. The molecule has 0 N–H and O–H groups in total. The van der Waals surface area contributed by atoms with E-state index in [1.807, 2.05) is 0 Å². The smallest absolute Gasteiger partial charge is 0.0584 e. The fourth-order valence-electron chi connectivity index (χ4n) is 0.624. The molecule has 0 saturated heterocycles. The minimum absolute atomic E-state index is 0.783. The molecular formula is C7H13NS. The van der Waals surface area contributed by atoms with Gasteiger partial charge in [-0.3, -0.25) is 0 Å². The number of hydrogen-bond donors (Lipinski definition) is 0. The maximum atomic E-state index is 4.41. The van der Waals surface area contributed by atoms with Crippen molar-refractivity contribution in [1.82, 2.24) is 0 Å². The van der Waals surface area contributed by atoms with Crippen LogP contribution in [0.5, 0.6) is 0 Å².